The van der Waals surface area contributed by atoms with Crippen LogP contribution in [-0.4, -0.2) is 40.4 Å². The van der Waals surface area contributed by atoms with Crippen LogP contribution < -0.4 is 10.6 Å². The molecule has 0 bridgehead atoms. The summed E-state index contributed by atoms with van der Waals surface area (Å²) in [5, 5.41) is 8.45. The molecule has 3 heterocycles. The van der Waals surface area contributed by atoms with Gasteiger partial charge in [0, 0.05) is 41.0 Å². The second kappa shape index (κ2) is 9.16. The van der Waals surface area contributed by atoms with Crippen molar-refractivity contribution >= 4 is 34.6 Å². The van der Waals surface area contributed by atoms with Gasteiger partial charge < -0.3 is 15.5 Å². The van der Waals surface area contributed by atoms with Crippen LogP contribution in [0, 0.1) is 0 Å². The molecule has 1 aliphatic heterocycles. The molecule has 7 heteroatoms. The third-order valence-corrected chi connectivity index (χ3v) is 6.97. The van der Waals surface area contributed by atoms with Gasteiger partial charge in [0.25, 0.3) is 0 Å². The van der Waals surface area contributed by atoms with Gasteiger partial charge in [0.15, 0.2) is 0 Å². The van der Waals surface area contributed by atoms with Crippen LogP contribution in [0.25, 0.3) is 11.3 Å². The molecule has 1 amide bonds. The van der Waals surface area contributed by atoms with Gasteiger partial charge in [0.2, 0.25) is 11.9 Å². The summed E-state index contributed by atoms with van der Waals surface area (Å²) in [6.45, 7) is 3.05. The van der Waals surface area contributed by atoms with Crippen LogP contribution in [-0.2, 0) is 17.6 Å². The maximum Gasteiger partial charge on any atom is 0.227 e. The Bertz CT molecular complexity index is 1070. The van der Waals surface area contributed by atoms with Crippen LogP contribution in [0.15, 0.2) is 41.9 Å². The number of hydrogen-bond acceptors (Lipinski definition) is 6. The molecule has 6 nitrogen and oxygen atoms in total. The van der Waals surface area contributed by atoms with Crippen molar-refractivity contribution in [1.82, 2.24) is 14.9 Å². The van der Waals surface area contributed by atoms with Gasteiger partial charge in [-0.3, -0.25) is 4.79 Å². The molecular weight excluding hydrogens is 406 g/mol. The Kier molecular flexibility index (Phi) is 5.95. The second-order valence-corrected chi connectivity index (χ2v) is 9.23. The second-order valence-electron chi connectivity index (χ2n) is 8.23. The Morgan fingerprint density at radius 3 is 2.87 bits per heavy atom. The van der Waals surface area contributed by atoms with Crippen molar-refractivity contribution in [3.05, 3.63) is 52.3 Å². The quantitative estimate of drug-likeness (QED) is 0.581. The standard InChI is InChI=1S/C24H27N5OS/c30-22(9-13-29-11-2-1-3-12-29)26-18-5-4-6-19(15-18)27-24-25-16-17-7-8-21-20(10-14-31-21)23(17)28-24/h4-6,10,14-16H,1-3,7-9,11-13H2,(H,26,30)(H,25,27,28). The van der Waals surface area contributed by atoms with Crippen LogP contribution in [0.4, 0.5) is 17.3 Å². The molecule has 2 aliphatic rings. The number of piperidine rings is 1. The first kappa shape index (κ1) is 20.2. The van der Waals surface area contributed by atoms with Gasteiger partial charge in [-0.2, -0.15) is 0 Å². The maximum atomic E-state index is 12.4. The predicted octanol–water partition coefficient (Wildman–Crippen LogP) is 4.86. The lowest BCUT2D eigenvalue weighted by Gasteiger charge is -2.25. The Balaban J connectivity index is 1.23. The summed E-state index contributed by atoms with van der Waals surface area (Å²) in [4.78, 5) is 25.5. The number of fused-ring (bicyclic) bond motifs is 3. The average Bonchev–Trinajstić information content (AvgIpc) is 3.28. The average molecular weight is 434 g/mol. The predicted molar refractivity (Wildman–Crippen MR) is 126 cm³/mol. The summed E-state index contributed by atoms with van der Waals surface area (Å²) in [6, 6.07) is 9.88. The molecule has 2 N–H and O–H groups in total. The third kappa shape index (κ3) is 4.78. The van der Waals surface area contributed by atoms with E-state index in [1.807, 2.05) is 30.5 Å². The first-order valence-electron chi connectivity index (χ1n) is 11.1. The molecule has 1 saturated heterocycles. The number of anilines is 3. The van der Waals surface area contributed by atoms with Crippen molar-refractivity contribution in [3.8, 4) is 11.3 Å². The Morgan fingerprint density at radius 1 is 1.10 bits per heavy atom. The van der Waals surface area contributed by atoms with Crippen molar-refractivity contribution in [2.24, 2.45) is 0 Å². The number of carbonyl (C=O) groups excluding carboxylic acids is 1. The molecule has 2 aromatic heterocycles. The Labute approximate surface area is 186 Å². The molecule has 5 rings (SSSR count). The van der Waals surface area contributed by atoms with Crippen LogP contribution in [0.1, 0.15) is 36.1 Å². The fraction of sp³-hybridized carbons (Fsp3) is 0.375. The van der Waals surface area contributed by atoms with E-state index >= 15 is 0 Å². The van der Waals surface area contributed by atoms with Crippen LogP contribution in [0.2, 0.25) is 0 Å². The molecule has 0 spiro atoms. The van der Waals surface area contributed by atoms with Crippen LogP contribution >= 0.6 is 11.3 Å². The van der Waals surface area contributed by atoms with Crippen molar-refractivity contribution in [2.45, 2.75) is 38.5 Å². The lowest BCUT2D eigenvalue weighted by atomic mass is 9.96. The summed E-state index contributed by atoms with van der Waals surface area (Å²) >= 11 is 1.80. The number of benzene rings is 1. The molecule has 1 aliphatic carbocycles. The molecule has 3 aromatic rings. The third-order valence-electron chi connectivity index (χ3n) is 5.99. The minimum Gasteiger partial charge on any atom is -0.326 e. The molecule has 1 fully saturated rings. The molecule has 1 aromatic carbocycles. The number of aryl methyl sites for hydroxylation is 2. The summed E-state index contributed by atoms with van der Waals surface area (Å²) < 4.78 is 0. The minimum atomic E-state index is 0.0535. The molecule has 160 valence electrons. The number of aromatic nitrogens is 2. The zero-order valence-electron chi connectivity index (χ0n) is 17.6. The monoisotopic (exact) mass is 433 g/mol. The van der Waals surface area contributed by atoms with E-state index in [0.717, 1.165) is 49.5 Å². The molecular formula is C24H27N5OS. The Morgan fingerprint density at radius 2 is 1.97 bits per heavy atom. The number of likely N-dealkylation sites (tertiary alicyclic amines) is 1. The van der Waals surface area contributed by atoms with Crippen molar-refractivity contribution in [3.63, 3.8) is 0 Å². The van der Waals surface area contributed by atoms with Crippen molar-refractivity contribution < 1.29 is 4.79 Å². The Hall–Kier alpha value is -2.77. The summed E-state index contributed by atoms with van der Waals surface area (Å²) in [7, 11) is 0. The fourth-order valence-corrected chi connectivity index (χ4v) is 5.23. The number of hydrogen-bond donors (Lipinski definition) is 2. The first-order chi connectivity index (χ1) is 15.2. The van der Waals surface area contributed by atoms with Gasteiger partial charge >= 0.3 is 0 Å². The van der Waals surface area contributed by atoms with Crippen molar-refractivity contribution in [2.75, 3.05) is 30.3 Å². The number of carbonyl (C=O) groups is 1. The largest absolute Gasteiger partial charge is 0.326 e. The lowest BCUT2D eigenvalue weighted by molar-refractivity contribution is -0.116. The molecule has 0 radical (unpaired) electrons. The van der Waals surface area contributed by atoms with Crippen molar-refractivity contribution in [1.29, 1.82) is 0 Å². The van der Waals surface area contributed by atoms with Gasteiger partial charge in [-0.05, 0) is 74.0 Å². The molecule has 0 saturated carbocycles. The van der Waals surface area contributed by atoms with Gasteiger partial charge in [-0.25, -0.2) is 9.97 Å². The minimum absolute atomic E-state index is 0.0535. The highest BCUT2D eigenvalue weighted by Crippen LogP contribution is 2.35. The van der Waals surface area contributed by atoms with Gasteiger partial charge in [-0.1, -0.05) is 12.5 Å². The van der Waals surface area contributed by atoms with E-state index in [4.69, 9.17) is 4.98 Å². The number of rotatable bonds is 6. The fourth-order valence-electron chi connectivity index (χ4n) is 4.35. The number of amides is 1. The van der Waals surface area contributed by atoms with E-state index in [-0.39, 0.29) is 5.91 Å². The van der Waals surface area contributed by atoms with E-state index in [2.05, 4.69) is 32.0 Å². The summed E-state index contributed by atoms with van der Waals surface area (Å²) in [5.74, 6) is 0.629. The maximum absolute atomic E-state index is 12.4. The molecule has 31 heavy (non-hydrogen) atoms. The highest BCUT2D eigenvalue weighted by atomic mass is 32.1. The zero-order chi connectivity index (χ0) is 21.0. The normalized spacial score (nSPS) is 15.7. The SMILES string of the molecule is O=C(CCN1CCCCC1)Nc1cccc(Nc2ncc3c(n2)-c2ccsc2CC3)c1. The van der Waals surface area contributed by atoms with E-state index in [0.29, 0.717) is 12.4 Å². The van der Waals surface area contributed by atoms with Gasteiger partial charge in [-0.15, -0.1) is 11.3 Å². The van der Waals surface area contributed by atoms with E-state index in [1.165, 1.54) is 35.3 Å². The van der Waals surface area contributed by atoms with E-state index in [1.54, 1.807) is 11.3 Å². The van der Waals surface area contributed by atoms with Gasteiger partial charge in [0.1, 0.15) is 0 Å². The van der Waals surface area contributed by atoms with Crippen LogP contribution in [0.5, 0.6) is 0 Å². The number of nitrogens with zero attached hydrogens (tertiary/aromatic N) is 3. The highest BCUT2D eigenvalue weighted by Gasteiger charge is 2.19. The first-order valence-corrected chi connectivity index (χ1v) is 11.9. The number of nitrogens with one attached hydrogen (secondary N) is 2. The van der Waals surface area contributed by atoms with Crippen LogP contribution in [0.3, 0.4) is 0 Å². The smallest absolute Gasteiger partial charge is 0.227 e. The molecule has 0 unspecified atom stereocenters. The van der Waals surface area contributed by atoms with Gasteiger partial charge in [0.05, 0.1) is 5.69 Å². The number of thiophene rings is 1. The topological polar surface area (TPSA) is 70.2 Å². The zero-order valence-corrected chi connectivity index (χ0v) is 18.4. The molecule has 0 atom stereocenters. The van der Waals surface area contributed by atoms with E-state index in [9.17, 15) is 4.79 Å². The van der Waals surface area contributed by atoms with E-state index < -0.39 is 0 Å². The lowest BCUT2D eigenvalue weighted by Crippen LogP contribution is -2.32. The summed E-state index contributed by atoms with van der Waals surface area (Å²) in [5.41, 5.74) is 5.10. The summed E-state index contributed by atoms with van der Waals surface area (Å²) in [6.07, 6.45) is 8.30. The highest BCUT2D eigenvalue weighted by molar-refractivity contribution is 7.10.